The summed E-state index contributed by atoms with van der Waals surface area (Å²) in [7, 11) is 2.06. The van der Waals surface area contributed by atoms with Crippen LogP contribution in [0.2, 0.25) is 0 Å². The van der Waals surface area contributed by atoms with Gasteiger partial charge >= 0.3 is 0 Å². The lowest BCUT2D eigenvalue weighted by molar-refractivity contribution is -0.0378. The zero-order valence-corrected chi connectivity index (χ0v) is 11.5. The Morgan fingerprint density at radius 2 is 2.11 bits per heavy atom. The molecule has 1 heterocycles. The normalized spacial score (nSPS) is 28.9. The molecule has 2 rings (SSSR count). The van der Waals surface area contributed by atoms with E-state index in [9.17, 15) is 5.11 Å². The first-order valence-corrected chi connectivity index (χ1v) is 6.93. The van der Waals surface area contributed by atoms with Gasteiger partial charge in [-0.05, 0) is 38.4 Å². The fraction of sp³-hybridized carbons (Fsp3) is 0.500. The van der Waals surface area contributed by atoms with E-state index < -0.39 is 5.60 Å². The van der Waals surface area contributed by atoms with Crippen molar-refractivity contribution in [2.75, 3.05) is 20.2 Å². The van der Waals surface area contributed by atoms with E-state index in [0.29, 0.717) is 6.42 Å². The van der Waals surface area contributed by atoms with Gasteiger partial charge in [0.05, 0.1) is 6.04 Å². The monoisotopic (exact) mass is 261 g/mol. The fourth-order valence-corrected chi connectivity index (χ4v) is 2.97. The molecule has 2 unspecified atom stereocenters. The average molecular weight is 261 g/mol. The van der Waals surface area contributed by atoms with Crippen LogP contribution in [0.5, 0.6) is 0 Å². The number of nitrogens with zero attached hydrogens (tertiary/aromatic N) is 1. The number of hydrogen-bond donors (Lipinski definition) is 2. The quantitative estimate of drug-likeness (QED) is 0.816. The van der Waals surface area contributed by atoms with E-state index in [-0.39, 0.29) is 12.6 Å². The molecule has 1 aliphatic heterocycles. The van der Waals surface area contributed by atoms with Crippen molar-refractivity contribution >= 4 is 0 Å². The topological polar surface area (TPSA) is 43.7 Å². The first kappa shape index (κ1) is 14.3. The van der Waals surface area contributed by atoms with Crippen molar-refractivity contribution in [3.8, 4) is 0 Å². The summed E-state index contributed by atoms with van der Waals surface area (Å²) in [5.41, 5.74) is 0.296. The van der Waals surface area contributed by atoms with Gasteiger partial charge < -0.3 is 10.2 Å². The Morgan fingerprint density at radius 3 is 2.79 bits per heavy atom. The molecule has 3 nitrogen and oxygen atoms in total. The molecule has 1 saturated heterocycles. The molecule has 1 aromatic rings. The minimum absolute atomic E-state index is 0.0163. The second-order valence-electron chi connectivity index (χ2n) is 5.30. The molecule has 0 saturated carbocycles. The molecule has 0 aliphatic carbocycles. The van der Waals surface area contributed by atoms with Crippen molar-refractivity contribution in [2.45, 2.75) is 30.9 Å². The molecule has 3 heteroatoms. The Morgan fingerprint density at radius 1 is 1.37 bits per heavy atom. The van der Waals surface area contributed by atoms with Crippen LogP contribution < -0.4 is 0 Å². The number of piperidine rings is 1. The van der Waals surface area contributed by atoms with Crippen LogP contribution in [0.1, 0.15) is 30.9 Å². The lowest BCUT2D eigenvalue weighted by Gasteiger charge is -2.44. The number of aliphatic hydroxyl groups excluding tert-OH is 1. The van der Waals surface area contributed by atoms with Crippen LogP contribution in [0.4, 0.5) is 0 Å². The molecule has 0 radical (unpaired) electrons. The molecule has 0 aromatic heterocycles. The van der Waals surface area contributed by atoms with Gasteiger partial charge in [-0.15, -0.1) is 0 Å². The molecular weight excluding hydrogens is 238 g/mol. The van der Waals surface area contributed by atoms with E-state index in [2.05, 4.69) is 24.1 Å². The lowest BCUT2D eigenvalue weighted by Crippen LogP contribution is -2.48. The molecule has 104 valence electrons. The summed E-state index contributed by atoms with van der Waals surface area (Å²) >= 11 is 0. The summed E-state index contributed by atoms with van der Waals surface area (Å²) in [6.07, 6.45) is 6.10. The van der Waals surface area contributed by atoms with Crippen LogP contribution >= 0.6 is 0 Å². The maximum absolute atomic E-state index is 11.0. The largest absolute Gasteiger partial charge is 0.396 e. The van der Waals surface area contributed by atoms with Crippen molar-refractivity contribution < 1.29 is 10.2 Å². The van der Waals surface area contributed by atoms with Crippen molar-refractivity contribution in [3.63, 3.8) is 0 Å². The number of likely N-dealkylation sites (tertiary alicyclic amines) is 1. The SMILES string of the molecule is CN1CCCC(O)(/C=C\CCO)C1c1ccccc1. The fourth-order valence-electron chi connectivity index (χ4n) is 2.97. The number of hydrogen-bond acceptors (Lipinski definition) is 3. The molecular formula is C16H23NO2. The van der Waals surface area contributed by atoms with Crippen LogP contribution in [-0.4, -0.2) is 40.9 Å². The second-order valence-corrected chi connectivity index (χ2v) is 5.30. The summed E-state index contributed by atoms with van der Waals surface area (Å²) in [5, 5.41) is 19.8. The summed E-state index contributed by atoms with van der Waals surface area (Å²) in [4.78, 5) is 2.21. The number of aliphatic hydroxyl groups is 2. The van der Waals surface area contributed by atoms with Crippen molar-refractivity contribution in [3.05, 3.63) is 48.0 Å². The molecule has 0 amide bonds. The van der Waals surface area contributed by atoms with Crippen molar-refractivity contribution in [1.29, 1.82) is 0 Å². The Kier molecular flexibility index (Phi) is 4.75. The Balaban J connectivity index is 2.28. The third-order valence-electron chi connectivity index (χ3n) is 3.82. The Bertz CT molecular complexity index is 418. The summed E-state index contributed by atoms with van der Waals surface area (Å²) in [5.74, 6) is 0. The minimum Gasteiger partial charge on any atom is -0.396 e. The van der Waals surface area contributed by atoms with Gasteiger partial charge in [0.15, 0.2) is 0 Å². The molecule has 0 bridgehead atoms. The van der Waals surface area contributed by atoms with Crippen molar-refractivity contribution in [2.24, 2.45) is 0 Å². The van der Waals surface area contributed by atoms with Gasteiger partial charge in [0.2, 0.25) is 0 Å². The smallest absolute Gasteiger partial charge is 0.102 e. The van der Waals surface area contributed by atoms with Crippen LogP contribution in [0.25, 0.3) is 0 Å². The second kappa shape index (κ2) is 6.33. The van der Waals surface area contributed by atoms with Gasteiger partial charge in [0, 0.05) is 6.61 Å². The molecule has 1 aliphatic rings. The third-order valence-corrected chi connectivity index (χ3v) is 3.82. The van der Waals surface area contributed by atoms with E-state index in [1.165, 1.54) is 0 Å². The van der Waals surface area contributed by atoms with Crippen LogP contribution in [0.15, 0.2) is 42.5 Å². The molecule has 1 aromatic carbocycles. The van der Waals surface area contributed by atoms with E-state index in [1.807, 2.05) is 30.4 Å². The molecule has 2 atom stereocenters. The first-order chi connectivity index (χ1) is 9.17. The predicted molar refractivity (Wildman–Crippen MR) is 76.8 cm³/mol. The zero-order valence-electron chi connectivity index (χ0n) is 11.5. The Labute approximate surface area is 115 Å². The van der Waals surface area contributed by atoms with Crippen LogP contribution in [0, 0.1) is 0 Å². The third kappa shape index (κ3) is 3.24. The van der Waals surface area contributed by atoms with E-state index in [0.717, 1.165) is 24.9 Å². The molecule has 19 heavy (non-hydrogen) atoms. The van der Waals surface area contributed by atoms with Gasteiger partial charge in [-0.2, -0.15) is 0 Å². The highest BCUT2D eigenvalue weighted by atomic mass is 16.3. The predicted octanol–water partition coefficient (Wildman–Crippen LogP) is 2.12. The summed E-state index contributed by atoms with van der Waals surface area (Å²) in [6, 6.07) is 10.1. The van der Waals surface area contributed by atoms with E-state index >= 15 is 0 Å². The highest BCUT2D eigenvalue weighted by Crippen LogP contribution is 2.39. The van der Waals surface area contributed by atoms with Gasteiger partial charge in [-0.1, -0.05) is 42.5 Å². The van der Waals surface area contributed by atoms with Gasteiger partial charge in [-0.25, -0.2) is 0 Å². The highest BCUT2D eigenvalue weighted by molar-refractivity contribution is 5.26. The molecule has 0 spiro atoms. The molecule has 1 fully saturated rings. The van der Waals surface area contributed by atoms with Crippen LogP contribution in [-0.2, 0) is 0 Å². The zero-order chi connectivity index (χ0) is 13.7. The lowest BCUT2D eigenvalue weighted by atomic mass is 9.80. The Hall–Kier alpha value is -1.16. The average Bonchev–Trinajstić information content (AvgIpc) is 2.40. The maximum atomic E-state index is 11.0. The highest BCUT2D eigenvalue weighted by Gasteiger charge is 2.40. The summed E-state index contributed by atoms with van der Waals surface area (Å²) < 4.78 is 0. The molecule has 2 N–H and O–H groups in total. The van der Waals surface area contributed by atoms with Crippen molar-refractivity contribution in [1.82, 2.24) is 4.90 Å². The van der Waals surface area contributed by atoms with Crippen LogP contribution in [0.3, 0.4) is 0 Å². The number of benzene rings is 1. The first-order valence-electron chi connectivity index (χ1n) is 6.93. The minimum atomic E-state index is -0.844. The van der Waals surface area contributed by atoms with Gasteiger partial charge in [-0.3, -0.25) is 4.90 Å². The number of rotatable bonds is 4. The maximum Gasteiger partial charge on any atom is 0.102 e. The van der Waals surface area contributed by atoms with E-state index in [4.69, 9.17) is 5.11 Å². The number of likely N-dealkylation sites (N-methyl/N-ethyl adjacent to an activating group) is 1. The standard InChI is InChI=1S/C16H23NO2/c1-17-12-7-11-16(19,10-5-6-13-18)15(17)14-8-3-2-4-9-14/h2-5,8-10,15,18-19H,6-7,11-13H2,1H3/b10-5-. The van der Waals surface area contributed by atoms with Gasteiger partial charge in [0.25, 0.3) is 0 Å². The van der Waals surface area contributed by atoms with E-state index in [1.54, 1.807) is 0 Å². The summed E-state index contributed by atoms with van der Waals surface area (Å²) in [6.45, 7) is 1.12. The van der Waals surface area contributed by atoms with Gasteiger partial charge in [0.1, 0.15) is 5.60 Å².